The Labute approximate surface area is 200 Å². The minimum absolute atomic E-state index is 0.163. The highest BCUT2D eigenvalue weighted by atomic mass is 19.4. The second-order valence-corrected chi connectivity index (χ2v) is 8.28. The second-order valence-electron chi connectivity index (χ2n) is 8.28. The number of benzene rings is 2. The van der Waals surface area contributed by atoms with Crippen LogP contribution in [-0.4, -0.2) is 52.9 Å². The monoisotopic (exact) mass is 487 g/mol. The molecule has 0 N–H and O–H groups in total. The van der Waals surface area contributed by atoms with Crippen LogP contribution in [0.2, 0.25) is 0 Å². The first-order valence-electron chi connectivity index (χ1n) is 11.0. The average molecular weight is 487 g/mol. The van der Waals surface area contributed by atoms with E-state index >= 15 is 0 Å². The van der Waals surface area contributed by atoms with Crippen molar-refractivity contribution in [3.63, 3.8) is 0 Å². The minimum atomic E-state index is -4.45. The van der Waals surface area contributed by atoms with Crippen LogP contribution < -0.4 is 4.74 Å². The first-order chi connectivity index (χ1) is 16.6. The Morgan fingerprint density at radius 1 is 0.886 bits per heavy atom. The van der Waals surface area contributed by atoms with Crippen molar-refractivity contribution < 1.29 is 32.0 Å². The zero-order valence-corrected chi connectivity index (χ0v) is 19.3. The summed E-state index contributed by atoms with van der Waals surface area (Å²) in [5, 5.41) is 3.89. The molecule has 0 atom stereocenters. The molecule has 184 valence electrons. The number of ether oxygens (including phenoxy) is 1. The number of hydrogen-bond donors (Lipinski definition) is 0. The molecule has 2 heterocycles. The van der Waals surface area contributed by atoms with Gasteiger partial charge in [-0.1, -0.05) is 5.16 Å². The van der Waals surface area contributed by atoms with Gasteiger partial charge < -0.3 is 19.1 Å². The maximum absolute atomic E-state index is 12.9. The minimum Gasteiger partial charge on any atom is -0.489 e. The van der Waals surface area contributed by atoms with Gasteiger partial charge in [-0.25, -0.2) is 0 Å². The van der Waals surface area contributed by atoms with E-state index in [1.54, 1.807) is 29.2 Å². The van der Waals surface area contributed by atoms with Gasteiger partial charge in [0.25, 0.3) is 11.8 Å². The molecule has 1 aliphatic heterocycles. The number of amides is 2. The van der Waals surface area contributed by atoms with Gasteiger partial charge in [0, 0.05) is 37.3 Å². The van der Waals surface area contributed by atoms with Crippen LogP contribution in [0, 0.1) is 13.8 Å². The third-order valence-corrected chi connectivity index (χ3v) is 5.98. The van der Waals surface area contributed by atoms with Gasteiger partial charge in [-0.05, 0) is 62.4 Å². The van der Waals surface area contributed by atoms with E-state index in [2.05, 4.69) is 5.16 Å². The molecular formula is C25H24F3N3O4. The maximum Gasteiger partial charge on any atom is 0.416 e. The number of rotatable bonds is 5. The molecule has 35 heavy (non-hydrogen) atoms. The third-order valence-electron chi connectivity index (χ3n) is 5.98. The molecule has 0 saturated carbocycles. The van der Waals surface area contributed by atoms with E-state index in [0.29, 0.717) is 49.9 Å². The van der Waals surface area contributed by atoms with Gasteiger partial charge in [-0.15, -0.1) is 0 Å². The Hall–Kier alpha value is -3.82. The van der Waals surface area contributed by atoms with E-state index in [-0.39, 0.29) is 17.4 Å². The zero-order valence-electron chi connectivity index (χ0n) is 19.3. The molecule has 0 aliphatic carbocycles. The summed E-state index contributed by atoms with van der Waals surface area (Å²) >= 11 is 0. The van der Waals surface area contributed by atoms with Crippen LogP contribution in [0.25, 0.3) is 0 Å². The first-order valence-corrected chi connectivity index (χ1v) is 11.0. The van der Waals surface area contributed by atoms with Crippen molar-refractivity contribution in [3.8, 4) is 5.75 Å². The Bertz CT molecular complexity index is 1180. The summed E-state index contributed by atoms with van der Waals surface area (Å²) in [4.78, 5) is 28.7. The molecule has 0 unspecified atom stereocenters. The molecule has 3 aromatic rings. The number of carbonyl (C=O) groups is 2. The topological polar surface area (TPSA) is 75.9 Å². The lowest BCUT2D eigenvalue weighted by molar-refractivity contribution is -0.137. The normalized spacial score (nSPS) is 14.2. The molecule has 4 rings (SSSR count). The Balaban J connectivity index is 1.30. The molecule has 1 saturated heterocycles. The number of alkyl halides is 3. The van der Waals surface area contributed by atoms with Gasteiger partial charge >= 0.3 is 6.18 Å². The summed E-state index contributed by atoms with van der Waals surface area (Å²) in [5.74, 6) is 0.785. The van der Waals surface area contributed by atoms with Crippen molar-refractivity contribution in [1.82, 2.24) is 15.0 Å². The molecule has 1 fully saturated rings. The van der Waals surface area contributed by atoms with Crippen LogP contribution in [0.5, 0.6) is 5.75 Å². The highest BCUT2D eigenvalue weighted by Gasteiger charge is 2.31. The molecule has 7 nitrogen and oxygen atoms in total. The van der Waals surface area contributed by atoms with Gasteiger partial charge in [0.15, 0.2) is 0 Å². The Morgan fingerprint density at radius 2 is 1.37 bits per heavy atom. The zero-order chi connectivity index (χ0) is 25.2. The summed E-state index contributed by atoms with van der Waals surface area (Å²) in [6.07, 6.45) is -4.45. The number of nitrogens with zero attached hydrogens (tertiary/aromatic N) is 3. The van der Waals surface area contributed by atoms with Crippen molar-refractivity contribution in [1.29, 1.82) is 0 Å². The Morgan fingerprint density at radius 3 is 1.80 bits per heavy atom. The largest absolute Gasteiger partial charge is 0.489 e. The lowest BCUT2D eigenvalue weighted by Gasteiger charge is -2.35. The molecule has 0 bridgehead atoms. The summed E-state index contributed by atoms with van der Waals surface area (Å²) < 4.78 is 49.1. The SMILES string of the molecule is Cc1noc(C)c1COc1ccc(C(=O)N2CCN(C(=O)c3ccc(C(F)(F)F)cc3)CC2)cc1. The molecule has 0 spiro atoms. The molecule has 2 amide bonds. The van der Waals surface area contributed by atoms with Crippen molar-refractivity contribution in [2.24, 2.45) is 0 Å². The number of carbonyl (C=O) groups excluding carboxylic acids is 2. The van der Waals surface area contributed by atoms with Crippen LogP contribution in [0.3, 0.4) is 0 Å². The fourth-order valence-corrected chi connectivity index (χ4v) is 3.84. The quantitative estimate of drug-likeness (QED) is 0.530. The Kier molecular flexibility index (Phi) is 6.81. The smallest absolute Gasteiger partial charge is 0.416 e. The first kappa shape index (κ1) is 24.3. The van der Waals surface area contributed by atoms with E-state index in [9.17, 15) is 22.8 Å². The lowest BCUT2D eigenvalue weighted by Crippen LogP contribution is -2.50. The molecule has 1 aliphatic rings. The van der Waals surface area contributed by atoms with Gasteiger partial charge in [-0.2, -0.15) is 13.2 Å². The van der Waals surface area contributed by atoms with E-state index in [1.807, 2.05) is 13.8 Å². The van der Waals surface area contributed by atoms with Gasteiger partial charge in [-0.3, -0.25) is 9.59 Å². The summed E-state index contributed by atoms with van der Waals surface area (Å²) in [6, 6.07) is 11.0. The third kappa shape index (κ3) is 5.47. The number of halogens is 3. The molecule has 2 aromatic carbocycles. The standard InChI is InChI=1S/C25H24F3N3O4/c1-16-22(17(2)35-29-16)15-34-21-9-5-19(6-10-21)24(33)31-13-11-30(12-14-31)23(32)18-3-7-20(8-4-18)25(26,27)28/h3-10H,11-15H2,1-2H3. The van der Waals surface area contributed by atoms with Gasteiger partial charge in [0.05, 0.1) is 16.8 Å². The fraction of sp³-hybridized carbons (Fsp3) is 0.320. The second kappa shape index (κ2) is 9.81. The number of hydrogen-bond acceptors (Lipinski definition) is 5. The number of aryl methyl sites for hydroxylation is 2. The molecule has 0 radical (unpaired) electrons. The molecular weight excluding hydrogens is 463 g/mol. The summed E-state index contributed by atoms with van der Waals surface area (Å²) in [7, 11) is 0. The van der Waals surface area contributed by atoms with Crippen LogP contribution in [0.1, 0.15) is 43.3 Å². The van der Waals surface area contributed by atoms with Crippen molar-refractivity contribution >= 4 is 11.8 Å². The highest BCUT2D eigenvalue weighted by molar-refractivity contribution is 5.96. The van der Waals surface area contributed by atoms with E-state index in [1.165, 1.54) is 17.0 Å². The lowest BCUT2D eigenvalue weighted by atomic mass is 10.1. The molecule has 10 heteroatoms. The van der Waals surface area contributed by atoms with Crippen molar-refractivity contribution in [2.75, 3.05) is 26.2 Å². The van der Waals surface area contributed by atoms with E-state index in [4.69, 9.17) is 9.26 Å². The van der Waals surface area contributed by atoms with E-state index in [0.717, 1.165) is 23.4 Å². The van der Waals surface area contributed by atoms with Crippen molar-refractivity contribution in [2.45, 2.75) is 26.6 Å². The van der Waals surface area contributed by atoms with Crippen molar-refractivity contribution in [3.05, 3.63) is 82.2 Å². The van der Waals surface area contributed by atoms with Gasteiger partial charge in [0.1, 0.15) is 18.1 Å². The van der Waals surface area contributed by atoms with Crippen LogP contribution in [0.15, 0.2) is 53.1 Å². The van der Waals surface area contributed by atoms with Crippen LogP contribution in [0.4, 0.5) is 13.2 Å². The average Bonchev–Trinajstić information content (AvgIpc) is 3.18. The summed E-state index contributed by atoms with van der Waals surface area (Å²) in [5.41, 5.74) is 1.53. The fourth-order valence-electron chi connectivity index (χ4n) is 3.84. The predicted octanol–water partition coefficient (Wildman–Crippen LogP) is 4.49. The van der Waals surface area contributed by atoms with E-state index < -0.39 is 11.7 Å². The molecule has 1 aromatic heterocycles. The number of piperazine rings is 1. The maximum atomic E-state index is 12.9. The highest BCUT2D eigenvalue weighted by Crippen LogP contribution is 2.29. The van der Waals surface area contributed by atoms with Crippen LogP contribution in [-0.2, 0) is 12.8 Å². The number of aromatic nitrogens is 1. The van der Waals surface area contributed by atoms with Crippen LogP contribution >= 0.6 is 0 Å². The predicted molar refractivity (Wildman–Crippen MR) is 120 cm³/mol. The summed E-state index contributed by atoms with van der Waals surface area (Å²) in [6.45, 7) is 5.22. The van der Waals surface area contributed by atoms with Gasteiger partial charge in [0.2, 0.25) is 0 Å².